The van der Waals surface area contributed by atoms with Gasteiger partial charge in [0.25, 0.3) is 0 Å². The normalized spacial score (nSPS) is 22.9. The Balaban J connectivity index is 1.81. The van der Waals surface area contributed by atoms with Gasteiger partial charge >= 0.3 is 5.97 Å². The van der Waals surface area contributed by atoms with Crippen LogP contribution in [0.3, 0.4) is 0 Å². The SMILES string of the molecule is CC(=O)OC1CCOC(CC(C)=NCc2ccccc2)C1. The van der Waals surface area contributed by atoms with E-state index in [9.17, 15) is 4.79 Å². The summed E-state index contributed by atoms with van der Waals surface area (Å²) in [6.45, 7) is 4.83. The molecule has 114 valence electrons. The zero-order chi connectivity index (χ0) is 15.1. The second-order valence-corrected chi connectivity index (χ2v) is 5.49. The summed E-state index contributed by atoms with van der Waals surface area (Å²) in [5.74, 6) is -0.213. The lowest BCUT2D eigenvalue weighted by atomic mass is 10.0. The lowest BCUT2D eigenvalue weighted by Crippen LogP contribution is -2.33. The molecule has 1 heterocycles. The van der Waals surface area contributed by atoms with E-state index in [4.69, 9.17) is 9.47 Å². The summed E-state index contributed by atoms with van der Waals surface area (Å²) in [4.78, 5) is 15.6. The largest absolute Gasteiger partial charge is 0.462 e. The van der Waals surface area contributed by atoms with Crippen LogP contribution < -0.4 is 0 Å². The Morgan fingerprint density at radius 3 is 2.81 bits per heavy atom. The summed E-state index contributed by atoms with van der Waals surface area (Å²) in [5, 5.41) is 0. The van der Waals surface area contributed by atoms with Gasteiger partial charge in [-0.15, -0.1) is 0 Å². The third-order valence-corrected chi connectivity index (χ3v) is 3.55. The molecule has 0 bridgehead atoms. The number of hydrogen-bond donors (Lipinski definition) is 0. The molecule has 2 unspecified atom stereocenters. The van der Waals surface area contributed by atoms with Crippen LogP contribution >= 0.6 is 0 Å². The zero-order valence-electron chi connectivity index (χ0n) is 12.7. The minimum Gasteiger partial charge on any atom is -0.462 e. The smallest absolute Gasteiger partial charge is 0.302 e. The molecular weight excluding hydrogens is 266 g/mol. The van der Waals surface area contributed by atoms with Crippen LogP contribution in [0.4, 0.5) is 0 Å². The number of aliphatic imine (C=N–C) groups is 1. The molecule has 4 nitrogen and oxygen atoms in total. The van der Waals surface area contributed by atoms with E-state index in [1.54, 1.807) is 0 Å². The summed E-state index contributed by atoms with van der Waals surface area (Å²) >= 11 is 0. The van der Waals surface area contributed by atoms with Crippen molar-refractivity contribution in [2.24, 2.45) is 4.99 Å². The Kier molecular flexibility index (Phi) is 5.93. The molecule has 0 N–H and O–H groups in total. The topological polar surface area (TPSA) is 47.9 Å². The van der Waals surface area contributed by atoms with Gasteiger partial charge in [0.1, 0.15) is 6.10 Å². The molecule has 4 heteroatoms. The van der Waals surface area contributed by atoms with Crippen molar-refractivity contribution in [1.82, 2.24) is 0 Å². The first kappa shape index (κ1) is 15.7. The molecule has 1 aliphatic rings. The number of esters is 1. The highest BCUT2D eigenvalue weighted by molar-refractivity contribution is 5.82. The maximum absolute atomic E-state index is 11.0. The highest BCUT2D eigenvalue weighted by Crippen LogP contribution is 2.20. The molecule has 0 spiro atoms. The summed E-state index contributed by atoms with van der Waals surface area (Å²) in [6.07, 6.45) is 2.43. The van der Waals surface area contributed by atoms with Crippen molar-refractivity contribution in [3.05, 3.63) is 35.9 Å². The highest BCUT2D eigenvalue weighted by Gasteiger charge is 2.24. The van der Waals surface area contributed by atoms with Crippen LogP contribution in [0.5, 0.6) is 0 Å². The van der Waals surface area contributed by atoms with Gasteiger partial charge in [0.15, 0.2) is 0 Å². The zero-order valence-corrected chi connectivity index (χ0v) is 12.7. The third kappa shape index (κ3) is 5.68. The molecule has 1 aliphatic heterocycles. The predicted octanol–water partition coefficient (Wildman–Crippen LogP) is 3.15. The van der Waals surface area contributed by atoms with E-state index in [1.165, 1.54) is 12.5 Å². The number of carbonyl (C=O) groups is 1. The van der Waals surface area contributed by atoms with Gasteiger partial charge in [0.2, 0.25) is 0 Å². The Morgan fingerprint density at radius 1 is 1.33 bits per heavy atom. The van der Waals surface area contributed by atoms with Gasteiger partial charge in [-0.05, 0) is 12.5 Å². The van der Waals surface area contributed by atoms with Crippen molar-refractivity contribution in [1.29, 1.82) is 0 Å². The van der Waals surface area contributed by atoms with Crippen LogP contribution in [0.1, 0.15) is 38.7 Å². The summed E-state index contributed by atoms with van der Waals surface area (Å²) in [5.41, 5.74) is 2.28. The van der Waals surface area contributed by atoms with Gasteiger partial charge in [-0.2, -0.15) is 0 Å². The van der Waals surface area contributed by atoms with E-state index >= 15 is 0 Å². The minimum absolute atomic E-state index is 0.0110. The van der Waals surface area contributed by atoms with E-state index in [-0.39, 0.29) is 18.2 Å². The van der Waals surface area contributed by atoms with Gasteiger partial charge < -0.3 is 9.47 Å². The average molecular weight is 289 g/mol. The Hall–Kier alpha value is -1.68. The van der Waals surface area contributed by atoms with Crippen LogP contribution in [0, 0.1) is 0 Å². The standard InChI is InChI=1S/C17H23NO3/c1-13(18-12-15-6-4-3-5-7-15)10-17-11-16(8-9-20-17)21-14(2)19/h3-7,16-17H,8-12H2,1-2H3. The number of benzene rings is 1. The minimum atomic E-state index is -0.213. The lowest BCUT2D eigenvalue weighted by Gasteiger charge is -2.29. The monoisotopic (exact) mass is 289 g/mol. The first-order valence-electron chi connectivity index (χ1n) is 7.46. The molecule has 0 aliphatic carbocycles. The molecule has 2 atom stereocenters. The number of nitrogens with zero attached hydrogens (tertiary/aromatic N) is 1. The van der Waals surface area contributed by atoms with Gasteiger partial charge in [0, 0.05) is 31.9 Å². The fourth-order valence-corrected chi connectivity index (χ4v) is 2.53. The van der Waals surface area contributed by atoms with Crippen molar-refractivity contribution in [3.63, 3.8) is 0 Å². The van der Waals surface area contributed by atoms with Crippen LogP contribution in [0.25, 0.3) is 0 Å². The molecule has 0 radical (unpaired) electrons. The number of ether oxygens (including phenoxy) is 2. The summed E-state index contributed by atoms with van der Waals surface area (Å²) in [7, 11) is 0. The predicted molar refractivity (Wildman–Crippen MR) is 82.4 cm³/mol. The van der Waals surface area contributed by atoms with E-state index in [0.29, 0.717) is 13.2 Å². The maximum Gasteiger partial charge on any atom is 0.302 e. The van der Waals surface area contributed by atoms with Gasteiger partial charge in [-0.3, -0.25) is 9.79 Å². The molecule has 2 rings (SSSR count). The van der Waals surface area contributed by atoms with Gasteiger partial charge in [-0.1, -0.05) is 30.3 Å². The van der Waals surface area contributed by atoms with Crippen molar-refractivity contribution in [3.8, 4) is 0 Å². The average Bonchev–Trinajstić information content (AvgIpc) is 2.46. The maximum atomic E-state index is 11.0. The van der Waals surface area contributed by atoms with Crippen LogP contribution in [0.2, 0.25) is 0 Å². The van der Waals surface area contributed by atoms with Crippen LogP contribution in [0.15, 0.2) is 35.3 Å². The van der Waals surface area contributed by atoms with Crippen molar-refractivity contribution in [2.75, 3.05) is 6.61 Å². The summed E-state index contributed by atoms with van der Waals surface area (Å²) < 4.78 is 11.0. The molecule has 1 aromatic carbocycles. The molecule has 21 heavy (non-hydrogen) atoms. The molecular formula is C17H23NO3. The molecule has 0 aromatic heterocycles. The van der Waals surface area contributed by atoms with Crippen molar-refractivity contribution < 1.29 is 14.3 Å². The lowest BCUT2D eigenvalue weighted by molar-refractivity contribution is -0.153. The molecule has 1 saturated heterocycles. The third-order valence-electron chi connectivity index (χ3n) is 3.55. The van der Waals surface area contributed by atoms with Gasteiger partial charge in [0.05, 0.1) is 19.3 Å². The van der Waals surface area contributed by atoms with Crippen LogP contribution in [-0.4, -0.2) is 30.5 Å². The fraction of sp³-hybridized carbons (Fsp3) is 0.529. The Bertz CT molecular complexity index is 484. The Labute approximate surface area is 126 Å². The molecule has 1 aromatic rings. The summed E-state index contributed by atoms with van der Waals surface area (Å²) in [6, 6.07) is 10.2. The highest BCUT2D eigenvalue weighted by atomic mass is 16.6. The van der Waals surface area contributed by atoms with Crippen LogP contribution in [-0.2, 0) is 20.8 Å². The number of carbonyl (C=O) groups excluding carboxylic acids is 1. The quantitative estimate of drug-likeness (QED) is 0.618. The van der Waals surface area contributed by atoms with E-state index in [0.717, 1.165) is 25.0 Å². The van der Waals surface area contributed by atoms with E-state index < -0.39 is 0 Å². The fourth-order valence-electron chi connectivity index (χ4n) is 2.53. The van der Waals surface area contributed by atoms with Gasteiger partial charge in [-0.25, -0.2) is 0 Å². The second kappa shape index (κ2) is 7.93. The number of rotatable bonds is 5. The molecule has 1 fully saturated rings. The molecule has 0 amide bonds. The van der Waals surface area contributed by atoms with Crippen molar-refractivity contribution >= 4 is 11.7 Å². The Morgan fingerprint density at radius 2 is 2.10 bits per heavy atom. The first-order valence-corrected chi connectivity index (χ1v) is 7.46. The first-order chi connectivity index (χ1) is 10.1. The second-order valence-electron chi connectivity index (χ2n) is 5.49. The van der Waals surface area contributed by atoms with E-state index in [1.807, 2.05) is 25.1 Å². The van der Waals surface area contributed by atoms with E-state index in [2.05, 4.69) is 17.1 Å². The number of hydrogen-bond acceptors (Lipinski definition) is 4. The molecule has 0 saturated carbocycles. The van der Waals surface area contributed by atoms with Crippen molar-refractivity contribution in [2.45, 2.75) is 51.9 Å².